The van der Waals surface area contributed by atoms with Gasteiger partial charge in [-0.1, -0.05) is 13.8 Å². The van der Waals surface area contributed by atoms with Crippen LogP contribution in [0.4, 0.5) is 4.79 Å². The summed E-state index contributed by atoms with van der Waals surface area (Å²) in [5.41, 5.74) is 0. The van der Waals surface area contributed by atoms with Crippen molar-refractivity contribution >= 4 is 12.0 Å². The summed E-state index contributed by atoms with van der Waals surface area (Å²) in [6.45, 7) is 5.09. The van der Waals surface area contributed by atoms with E-state index in [4.69, 9.17) is 5.11 Å². The van der Waals surface area contributed by atoms with Crippen molar-refractivity contribution in [1.82, 2.24) is 9.80 Å². The number of carbonyl (C=O) groups excluding carboxylic acids is 1. The summed E-state index contributed by atoms with van der Waals surface area (Å²) >= 11 is 0. The van der Waals surface area contributed by atoms with Gasteiger partial charge >= 0.3 is 12.0 Å². The molecule has 1 heterocycles. The van der Waals surface area contributed by atoms with E-state index in [1.165, 1.54) is 4.90 Å². The van der Waals surface area contributed by atoms with Crippen LogP contribution in [0.3, 0.4) is 0 Å². The molecule has 0 saturated carbocycles. The first-order chi connectivity index (χ1) is 8.10. The van der Waals surface area contributed by atoms with E-state index in [0.29, 0.717) is 6.54 Å². The minimum absolute atomic E-state index is 0.112. The van der Waals surface area contributed by atoms with Gasteiger partial charge in [-0.3, -0.25) is 4.79 Å². The molecule has 0 radical (unpaired) electrons. The van der Waals surface area contributed by atoms with Crippen molar-refractivity contribution in [3.63, 3.8) is 0 Å². The normalized spacial score (nSPS) is 19.4. The Bertz CT molecular complexity index is 281. The first-order valence-electron chi connectivity index (χ1n) is 6.37. The Balaban J connectivity index is 2.65. The van der Waals surface area contributed by atoms with Gasteiger partial charge in [0.25, 0.3) is 0 Å². The number of carboxylic acids is 1. The van der Waals surface area contributed by atoms with Crippen LogP contribution < -0.4 is 0 Å². The molecule has 2 amide bonds. The molecule has 5 heteroatoms. The number of urea groups is 1. The first kappa shape index (κ1) is 13.8. The topological polar surface area (TPSA) is 60.9 Å². The van der Waals surface area contributed by atoms with Crippen molar-refractivity contribution in [2.75, 3.05) is 19.6 Å². The standard InChI is InChI=1S/C12H22N2O3/c1-3-7-13(9-11(15)16)12(17)14-8-5-6-10(14)4-2/h10H,3-9H2,1-2H3,(H,15,16). The van der Waals surface area contributed by atoms with Crippen LogP contribution in [-0.4, -0.2) is 52.6 Å². The van der Waals surface area contributed by atoms with Crippen molar-refractivity contribution in [2.24, 2.45) is 0 Å². The molecule has 0 aromatic rings. The van der Waals surface area contributed by atoms with E-state index in [9.17, 15) is 9.59 Å². The molecule has 0 spiro atoms. The number of hydrogen-bond acceptors (Lipinski definition) is 2. The van der Waals surface area contributed by atoms with Crippen LogP contribution in [0.5, 0.6) is 0 Å². The predicted molar refractivity (Wildman–Crippen MR) is 64.9 cm³/mol. The summed E-state index contributed by atoms with van der Waals surface area (Å²) in [5.74, 6) is -0.945. The van der Waals surface area contributed by atoms with Crippen LogP contribution in [-0.2, 0) is 4.79 Å². The second kappa shape index (κ2) is 6.47. The second-order valence-corrected chi connectivity index (χ2v) is 4.50. The maximum absolute atomic E-state index is 12.2. The smallest absolute Gasteiger partial charge is 0.323 e. The van der Waals surface area contributed by atoms with Crippen LogP contribution in [0.1, 0.15) is 39.5 Å². The van der Waals surface area contributed by atoms with E-state index >= 15 is 0 Å². The summed E-state index contributed by atoms with van der Waals surface area (Å²) in [4.78, 5) is 26.2. The summed E-state index contributed by atoms with van der Waals surface area (Å²) in [6, 6.07) is 0.175. The lowest BCUT2D eigenvalue weighted by atomic mass is 10.2. The molecular formula is C12H22N2O3. The molecule has 98 valence electrons. The lowest BCUT2D eigenvalue weighted by Crippen LogP contribution is -2.47. The number of carboxylic acid groups (broad SMARTS) is 1. The molecule has 1 N–H and O–H groups in total. The number of nitrogens with zero attached hydrogens (tertiary/aromatic N) is 2. The molecule has 0 aromatic heterocycles. The quantitative estimate of drug-likeness (QED) is 0.799. The lowest BCUT2D eigenvalue weighted by Gasteiger charge is -2.30. The molecule has 1 aliphatic rings. The molecule has 5 nitrogen and oxygen atoms in total. The monoisotopic (exact) mass is 242 g/mol. The molecule has 1 rings (SSSR count). The highest BCUT2D eigenvalue weighted by atomic mass is 16.4. The van der Waals surface area contributed by atoms with Crippen molar-refractivity contribution in [3.05, 3.63) is 0 Å². The zero-order valence-electron chi connectivity index (χ0n) is 10.7. The van der Waals surface area contributed by atoms with Crippen LogP contribution in [0.25, 0.3) is 0 Å². The van der Waals surface area contributed by atoms with Gasteiger partial charge in [0.15, 0.2) is 0 Å². The average Bonchev–Trinajstić information content (AvgIpc) is 2.74. The van der Waals surface area contributed by atoms with Crippen molar-refractivity contribution in [3.8, 4) is 0 Å². The Kier molecular flexibility index (Phi) is 5.25. The highest BCUT2D eigenvalue weighted by molar-refractivity contribution is 5.80. The Morgan fingerprint density at radius 1 is 1.41 bits per heavy atom. The predicted octanol–water partition coefficient (Wildman–Crippen LogP) is 1.78. The van der Waals surface area contributed by atoms with Crippen molar-refractivity contribution < 1.29 is 14.7 Å². The largest absolute Gasteiger partial charge is 0.480 e. The van der Waals surface area contributed by atoms with Crippen molar-refractivity contribution in [1.29, 1.82) is 0 Å². The second-order valence-electron chi connectivity index (χ2n) is 4.50. The Hall–Kier alpha value is -1.26. The minimum Gasteiger partial charge on any atom is -0.480 e. The minimum atomic E-state index is -0.945. The van der Waals surface area contributed by atoms with Gasteiger partial charge in [-0.2, -0.15) is 0 Å². The van der Waals surface area contributed by atoms with Gasteiger partial charge in [0.2, 0.25) is 0 Å². The van der Waals surface area contributed by atoms with E-state index < -0.39 is 5.97 Å². The molecule has 0 aromatic carbocycles. The van der Waals surface area contributed by atoms with E-state index in [2.05, 4.69) is 6.92 Å². The third kappa shape index (κ3) is 3.61. The Morgan fingerprint density at radius 3 is 2.65 bits per heavy atom. The number of hydrogen-bond donors (Lipinski definition) is 1. The fraction of sp³-hybridized carbons (Fsp3) is 0.833. The number of likely N-dealkylation sites (tertiary alicyclic amines) is 1. The highest BCUT2D eigenvalue weighted by Gasteiger charge is 2.30. The molecular weight excluding hydrogens is 220 g/mol. The zero-order chi connectivity index (χ0) is 12.8. The van der Waals surface area contributed by atoms with Gasteiger partial charge in [0.05, 0.1) is 0 Å². The number of amides is 2. The van der Waals surface area contributed by atoms with Gasteiger partial charge in [0.1, 0.15) is 6.54 Å². The number of rotatable bonds is 5. The van der Waals surface area contributed by atoms with E-state index in [0.717, 1.165) is 32.2 Å². The Morgan fingerprint density at radius 2 is 2.12 bits per heavy atom. The van der Waals surface area contributed by atoms with E-state index in [1.54, 1.807) is 0 Å². The van der Waals surface area contributed by atoms with E-state index in [1.807, 2.05) is 11.8 Å². The number of aliphatic carboxylic acids is 1. The average molecular weight is 242 g/mol. The maximum atomic E-state index is 12.2. The van der Waals surface area contributed by atoms with Gasteiger partial charge in [-0.15, -0.1) is 0 Å². The lowest BCUT2D eigenvalue weighted by molar-refractivity contribution is -0.137. The maximum Gasteiger partial charge on any atom is 0.323 e. The summed E-state index contributed by atoms with van der Waals surface area (Å²) < 4.78 is 0. The Labute approximate surface area is 102 Å². The summed E-state index contributed by atoms with van der Waals surface area (Å²) in [6.07, 6.45) is 3.79. The van der Waals surface area contributed by atoms with Crippen LogP contribution in [0.15, 0.2) is 0 Å². The van der Waals surface area contributed by atoms with Crippen LogP contribution in [0.2, 0.25) is 0 Å². The van der Waals surface area contributed by atoms with Gasteiger partial charge in [0, 0.05) is 19.1 Å². The molecule has 0 aliphatic carbocycles. The fourth-order valence-corrected chi connectivity index (χ4v) is 2.37. The summed E-state index contributed by atoms with van der Waals surface area (Å²) in [5, 5.41) is 8.81. The zero-order valence-corrected chi connectivity index (χ0v) is 10.7. The SMILES string of the molecule is CCCN(CC(=O)O)C(=O)N1CCCC1CC. The molecule has 1 unspecified atom stereocenters. The third-order valence-corrected chi connectivity index (χ3v) is 3.18. The van der Waals surface area contributed by atoms with Crippen LogP contribution in [0, 0.1) is 0 Å². The van der Waals surface area contributed by atoms with E-state index in [-0.39, 0.29) is 18.6 Å². The molecule has 1 aliphatic heterocycles. The molecule has 1 atom stereocenters. The van der Waals surface area contributed by atoms with Gasteiger partial charge in [-0.05, 0) is 25.7 Å². The van der Waals surface area contributed by atoms with Crippen LogP contribution >= 0.6 is 0 Å². The molecule has 0 bridgehead atoms. The first-order valence-corrected chi connectivity index (χ1v) is 6.37. The fourth-order valence-electron chi connectivity index (χ4n) is 2.37. The summed E-state index contributed by atoms with van der Waals surface area (Å²) in [7, 11) is 0. The molecule has 17 heavy (non-hydrogen) atoms. The van der Waals surface area contributed by atoms with Gasteiger partial charge < -0.3 is 14.9 Å². The van der Waals surface area contributed by atoms with Gasteiger partial charge in [-0.25, -0.2) is 4.79 Å². The highest BCUT2D eigenvalue weighted by Crippen LogP contribution is 2.21. The van der Waals surface area contributed by atoms with Crippen molar-refractivity contribution in [2.45, 2.75) is 45.6 Å². The third-order valence-electron chi connectivity index (χ3n) is 3.18. The number of carbonyl (C=O) groups is 2. The molecule has 1 fully saturated rings. The molecule has 1 saturated heterocycles.